The van der Waals surface area contributed by atoms with Gasteiger partial charge in [-0.15, -0.1) is 0 Å². The van der Waals surface area contributed by atoms with Gasteiger partial charge in [0.15, 0.2) is 0 Å². The van der Waals surface area contributed by atoms with E-state index in [1.807, 2.05) is 0 Å². The predicted octanol–water partition coefficient (Wildman–Crippen LogP) is 3.78. The van der Waals surface area contributed by atoms with Crippen LogP contribution in [0, 0.1) is 0 Å². The largest absolute Gasteiger partial charge is 0.0941 e. The molecule has 1 atom stereocenters. The summed E-state index contributed by atoms with van der Waals surface area (Å²) in [5, 5.41) is 1.98. The molecule has 0 fully saturated rings. The molecule has 0 saturated heterocycles. The summed E-state index contributed by atoms with van der Waals surface area (Å²) >= 11 is 0. The first-order valence-electron chi connectivity index (χ1n) is 5.33. The van der Waals surface area contributed by atoms with Crippen LogP contribution in [0.4, 0.5) is 0 Å². The Labute approximate surface area is 89.1 Å². The minimum absolute atomic E-state index is 0.420. The Hall–Kier alpha value is -0.350. The Balaban J connectivity index is 3.15. The molecule has 14 heavy (non-hydrogen) atoms. The predicted molar refractivity (Wildman–Crippen MR) is 69.2 cm³/mol. The van der Waals surface area contributed by atoms with Gasteiger partial charge in [-0.2, -0.15) is 0 Å². The van der Waals surface area contributed by atoms with Crippen molar-refractivity contribution in [1.82, 2.24) is 0 Å². The monoisotopic (exact) mass is 209 g/mol. The first kappa shape index (κ1) is 11.7. The highest BCUT2D eigenvalue weighted by Gasteiger charge is 2.44. The molecule has 0 heterocycles. The fourth-order valence-corrected chi connectivity index (χ4v) is 4.72. The van der Waals surface area contributed by atoms with Crippen molar-refractivity contribution >= 4 is 12.6 Å². The van der Waals surface area contributed by atoms with Crippen LogP contribution in [0.2, 0.25) is 0 Å². The van der Waals surface area contributed by atoms with Gasteiger partial charge in [0.05, 0.1) is 23.3 Å². The molecule has 1 aromatic rings. The lowest BCUT2D eigenvalue weighted by Crippen LogP contribution is -2.29. The van der Waals surface area contributed by atoms with Gasteiger partial charge in [-0.1, -0.05) is 18.2 Å². The van der Waals surface area contributed by atoms with Crippen LogP contribution in [0.3, 0.4) is 0 Å². The van der Waals surface area contributed by atoms with Crippen molar-refractivity contribution in [2.24, 2.45) is 0 Å². The average Bonchev–Trinajstić information content (AvgIpc) is 2.16. The second-order valence-electron chi connectivity index (χ2n) is 5.01. The zero-order chi connectivity index (χ0) is 10.8. The van der Waals surface area contributed by atoms with Gasteiger partial charge < -0.3 is 0 Å². The van der Waals surface area contributed by atoms with E-state index >= 15 is 0 Å². The maximum Gasteiger partial charge on any atom is 0.0941 e. The van der Waals surface area contributed by atoms with E-state index in [2.05, 4.69) is 64.7 Å². The van der Waals surface area contributed by atoms with Gasteiger partial charge in [-0.25, -0.2) is 0 Å². The zero-order valence-corrected chi connectivity index (χ0v) is 10.9. The topological polar surface area (TPSA) is 0 Å². The van der Waals surface area contributed by atoms with Crippen molar-refractivity contribution in [2.75, 3.05) is 12.8 Å². The fraction of sp³-hybridized carbons (Fsp3) is 0.538. The third-order valence-electron chi connectivity index (χ3n) is 3.44. The normalized spacial score (nSPS) is 16.4. The first-order valence-corrected chi connectivity index (χ1v) is 7.75. The molecule has 0 radical (unpaired) electrons. The SMILES string of the molecule is CC[P+](C)(c1ccccc1)C(C)(C)C. The molecule has 0 bridgehead atoms. The molecule has 0 aromatic heterocycles. The maximum absolute atomic E-state index is 2.47. The Morgan fingerprint density at radius 1 is 1.07 bits per heavy atom. The summed E-state index contributed by atoms with van der Waals surface area (Å²) in [5.74, 6) is 0. The quantitative estimate of drug-likeness (QED) is 0.650. The maximum atomic E-state index is 2.47. The number of rotatable bonds is 2. The van der Waals surface area contributed by atoms with Crippen molar-refractivity contribution < 1.29 is 0 Å². The summed E-state index contributed by atoms with van der Waals surface area (Å²) in [5.41, 5.74) is 0. The van der Waals surface area contributed by atoms with Crippen LogP contribution < -0.4 is 5.30 Å². The van der Waals surface area contributed by atoms with E-state index in [0.29, 0.717) is 5.16 Å². The van der Waals surface area contributed by atoms with E-state index in [0.717, 1.165) is 0 Å². The number of benzene rings is 1. The van der Waals surface area contributed by atoms with Gasteiger partial charge in [0.1, 0.15) is 0 Å². The molecule has 0 spiro atoms. The molecule has 1 unspecified atom stereocenters. The smallest absolute Gasteiger partial charge is 0.0620 e. The van der Waals surface area contributed by atoms with E-state index in [4.69, 9.17) is 0 Å². The van der Waals surface area contributed by atoms with Crippen LogP contribution in [0.25, 0.3) is 0 Å². The van der Waals surface area contributed by atoms with Crippen molar-refractivity contribution in [3.63, 3.8) is 0 Å². The summed E-state index contributed by atoms with van der Waals surface area (Å²) in [6.07, 6.45) is 1.29. The zero-order valence-electron chi connectivity index (χ0n) is 10.0. The second kappa shape index (κ2) is 4.03. The van der Waals surface area contributed by atoms with Gasteiger partial charge in [-0.3, -0.25) is 0 Å². The fourth-order valence-electron chi connectivity index (χ4n) is 1.80. The van der Waals surface area contributed by atoms with E-state index in [1.165, 1.54) is 6.16 Å². The summed E-state index contributed by atoms with van der Waals surface area (Å²) in [6.45, 7) is 11.9. The second-order valence-corrected chi connectivity index (χ2v) is 9.89. The molecular weight excluding hydrogens is 187 g/mol. The number of hydrogen-bond acceptors (Lipinski definition) is 0. The van der Waals surface area contributed by atoms with Crippen molar-refractivity contribution in [3.8, 4) is 0 Å². The van der Waals surface area contributed by atoms with Crippen molar-refractivity contribution in [1.29, 1.82) is 0 Å². The minimum Gasteiger partial charge on any atom is -0.0620 e. The molecule has 0 aliphatic heterocycles. The van der Waals surface area contributed by atoms with E-state index in [1.54, 1.807) is 5.30 Å². The third kappa shape index (κ3) is 2.01. The van der Waals surface area contributed by atoms with Crippen LogP contribution in [0.1, 0.15) is 27.7 Å². The first-order chi connectivity index (χ1) is 6.42. The molecule has 0 aliphatic rings. The standard InChI is InChI=1S/C13H22P/c1-6-14(5,13(2,3)4)12-10-8-7-9-11-12/h7-11H,6H2,1-5H3/q+1. The van der Waals surface area contributed by atoms with Crippen LogP contribution in [-0.2, 0) is 0 Å². The summed E-state index contributed by atoms with van der Waals surface area (Å²) in [7, 11) is -0.986. The highest BCUT2D eigenvalue weighted by atomic mass is 31.2. The Bertz CT molecular complexity index is 284. The van der Waals surface area contributed by atoms with Crippen LogP contribution >= 0.6 is 7.26 Å². The molecular formula is C13H22P+. The Morgan fingerprint density at radius 3 is 1.93 bits per heavy atom. The third-order valence-corrected chi connectivity index (χ3v) is 9.10. The van der Waals surface area contributed by atoms with E-state index < -0.39 is 7.26 Å². The van der Waals surface area contributed by atoms with Gasteiger partial charge >= 0.3 is 0 Å². The van der Waals surface area contributed by atoms with Crippen molar-refractivity contribution in [3.05, 3.63) is 30.3 Å². The number of hydrogen-bond donors (Lipinski definition) is 0. The summed E-state index contributed by atoms with van der Waals surface area (Å²) < 4.78 is 0. The lowest BCUT2D eigenvalue weighted by atomic mass is 10.3. The summed E-state index contributed by atoms with van der Waals surface area (Å²) in [4.78, 5) is 0. The van der Waals surface area contributed by atoms with Crippen LogP contribution in [0.5, 0.6) is 0 Å². The van der Waals surface area contributed by atoms with Gasteiger partial charge in [0.25, 0.3) is 0 Å². The lowest BCUT2D eigenvalue weighted by molar-refractivity contribution is 0.776. The molecule has 1 aromatic carbocycles. The molecule has 0 aliphatic carbocycles. The molecule has 0 nitrogen and oxygen atoms in total. The summed E-state index contributed by atoms with van der Waals surface area (Å²) in [6, 6.07) is 11.0. The average molecular weight is 209 g/mol. The minimum atomic E-state index is -0.986. The highest BCUT2D eigenvalue weighted by molar-refractivity contribution is 7.83. The molecule has 0 saturated carbocycles. The molecule has 1 heteroatoms. The Morgan fingerprint density at radius 2 is 1.57 bits per heavy atom. The molecule has 1 rings (SSSR count). The van der Waals surface area contributed by atoms with Crippen LogP contribution in [-0.4, -0.2) is 18.0 Å². The van der Waals surface area contributed by atoms with E-state index in [-0.39, 0.29) is 0 Å². The van der Waals surface area contributed by atoms with Gasteiger partial charge in [0, 0.05) is 7.26 Å². The molecule has 78 valence electrons. The lowest BCUT2D eigenvalue weighted by Gasteiger charge is -2.34. The molecule has 0 N–H and O–H groups in total. The highest BCUT2D eigenvalue weighted by Crippen LogP contribution is 2.64. The van der Waals surface area contributed by atoms with Gasteiger partial charge in [-0.05, 0) is 39.8 Å². The van der Waals surface area contributed by atoms with E-state index in [9.17, 15) is 0 Å². The molecule has 0 amide bonds. The van der Waals surface area contributed by atoms with Crippen molar-refractivity contribution in [2.45, 2.75) is 32.9 Å². The Kier molecular flexibility index (Phi) is 3.37. The van der Waals surface area contributed by atoms with Crippen LogP contribution in [0.15, 0.2) is 30.3 Å². The van der Waals surface area contributed by atoms with Gasteiger partial charge in [0.2, 0.25) is 0 Å².